The van der Waals surface area contributed by atoms with E-state index in [9.17, 15) is 13.2 Å². The number of anilines is 1. The third kappa shape index (κ3) is 6.11. The second kappa shape index (κ2) is 10.9. The molecule has 5 rings (SSSR count). The first-order valence-corrected chi connectivity index (χ1v) is 13.7. The second-order valence-corrected chi connectivity index (χ2v) is 11.0. The fourth-order valence-corrected chi connectivity index (χ4v) is 5.65. The number of nitrogens with zero attached hydrogens (tertiary/aromatic N) is 6. The normalized spacial score (nSPS) is 14.4. The average molecular weight is 561 g/mol. The predicted octanol–water partition coefficient (Wildman–Crippen LogP) is 2.36. The summed E-state index contributed by atoms with van der Waals surface area (Å²) in [5, 5.41) is 12.0. The number of thiazole rings is 1. The Hall–Kier alpha value is -3.43. The number of morpholine rings is 1. The van der Waals surface area contributed by atoms with E-state index in [0.29, 0.717) is 58.4 Å². The van der Waals surface area contributed by atoms with E-state index >= 15 is 0 Å². The van der Waals surface area contributed by atoms with Gasteiger partial charge < -0.3 is 10.1 Å². The Morgan fingerprint density at radius 1 is 1.14 bits per heavy atom. The minimum Gasteiger partial charge on any atom is -0.379 e. The molecule has 0 aliphatic carbocycles. The van der Waals surface area contributed by atoms with E-state index in [4.69, 9.17) is 16.3 Å². The van der Waals surface area contributed by atoms with Crippen LogP contribution < -0.4 is 10.0 Å². The summed E-state index contributed by atoms with van der Waals surface area (Å²) in [6.07, 6.45) is 4.72. The van der Waals surface area contributed by atoms with Crippen LogP contribution in [-0.4, -0.2) is 69.9 Å². The van der Waals surface area contributed by atoms with Crippen LogP contribution in [0.3, 0.4) is 0 Å². The molecule has 3 aromatic heterocycles. The van der Waals surface area contributed by atoms with E-state index in [-0.39, 0.29) is 12.5 Å². The van der Waals surface area contributed by atoms with Crippen LogP contribution >= 0.6 is 22.9 Å². The Morgan fingerprint density at radius 3 is 2.68 bits per heavy atom. The number of halogens is 1. The summed E-state index contributed by atoms with van der Waals surface area (Å²) in [6.45, 7) is 1.55. The van der Waals surface area contributed by atoms with E-state index < -0.39 is 10.2 Å². The van der Waals surface area contributed by atoms with Gasteiger partial charge in [0.15, 0.2) is 5.82 Å². The van der Waals surface area contributed by atoms with Crippen molar-refractivity contribution in [3.8, 4) is 16.4 Å². The van der Waals surface area contributed by atoms with Crippen molar-refractivity contribution in [1.82, 2.24) is 34.6 Å². The zero-order chi connectivity index (χ0) is 25.8. The van der Waals surface area contributed by atoms with Gasteiger partial charge in [-0.15, -0.1) is 16.4 Å². The van der Waals surface area contributed by atoms with Gasteiger partial charge in [0.1, 0.15) is 15.6 Å². The van der Waals surface area contributed by atoms with Crippen LogP contribution in [0.5, 0.6) is 0 Å². The van der Waals surface area contributed by atoms with Crippen molar-refractivity contribution in [2.75, 3.05) is 31.0 Å². The Kier molecular flexibility index (Phi) is 7.43. The van der Waals surface area contributed by atoms with Crippen molar-refractivity contribution in [3.05, 3.63) is 70.6 Å². The molecule has 0 atom stereocenters. The molecule has 0 saturated carbocycles. The van der Waals surface area contributed by atoms with E-state index in [2.05, 4.69) is 30.3 Å². The Labute approximate surface area is 221 Å². The molecule has 4 aromatic rings. The van der Waals surface area contributed by atoms with E-state index in [1.54, 1.807) is 48.8 Å². The Balaban J connectivity index is 1.18. The molecule has 0 spiro atoms. The molecule has 15 heteroatoms. The van der Waals surface area contributed by atoms with Crippen molar-refractivity contribution in [1.29, 1.82) is 0 Å². The zero-order valence-corrected chi connectivity index (χ0v) is 21.6. The van der Waals surface area contributed by atoms with E-state index in [1.165, 1.54) is 26.5 Å². The zero-order valence-electron chi connectivity index (χ0n) is 19.2. The van der Waals surface area contributed by atoms with Crippen LogP contribution in [0.2, 0.25) is 5.02 Å². The molecule has 1 aromatic carbocycles. The first kappa shape index (κ1) is 25.2. The molecule has 192 valence electrons. The Morgan fingerprint density at radius 2 is 1.92 bits per heavy atom. The van der Waals surface area contributed by atoms with Gasteiger partial charge in [0.2, 0.25) is 0 Å². The second-order valence-electron chi connectivity index (χ2n) is 7.89. The van der Waals surface area contributed by atoms with Gasteiger partial charge in [0.05, 0.1) is 32.2 Å². The molecule has 4 heterocycles. The van der Waals surface area contributed by atoms with Crippen molar-refractivity contribution in [2.45, 2.75) is 6.54 Å². The number of carbonyl (C=O) groups is 1. The third-order valence-corrected chi connectivity index (χ3v) is 8.15. The number of rotatable bonds is 8. The summed E-state index contributed by atoms with van der Waals surface area (Å²) in [6, 6.07) is 10.1. The topological polar surface area (TPSA) is 144 Å². The molecule has 1 fully saturated rings. The summed E-state index contributed by atoms with van der Waals surface area (Å²) in [4.78, 5) is 21.6. The third-order valence-electron chi connectivity index (χ3n) is 5.33. The molecule has 1 aliphatic rings. The molecule has 37 heavy (non-hydrogen) atoms. The number of benzene rings is 1. The fraction of sp³-hybridized carbons (Fsp3) is 0.227. The first-order valence-electron chi connectivity index (χ1n) is 11.1. The molecule has 1 saturated heterocycles. The number of nitrogens with one attached hydrogen (secondary N) is 2. The highest BCUT2D eigenvalue weighted by Gasteiger charge is 2.24. The molecule has 0 radical (unpaired) electrons. The van der Waals surface area contributed by atoms with Gasteiger partial charge in [0, 0.05) is 41.6 Å². The van der Waals surface area contributed by atoms with Gasteiger partial charge >= 0.3 is 10.2 Å². The average Bonchev–Trinajstić information content (AvgIpc) is 3.59. The lowest BCUT2D eigenvalue weighted by molar-refractivity contribution is 0.0733. The number of aromatic nitrogens is 5. The molecular formula is C22H21ClN8O4S2. The fourth-order valence-electron chi connectivity index (χ4n) is 3.46. The van der Waals surface area contributed by atoms with Gasteiger partial charge in [-0.3, -0.25) is 9.52 Å². The number of pyridine rings is 1. The van der Waals surface area contributed by atoms with Crippen LogP contribution in [-0.2, 0) is 21.5 Å². The maximum absolute atomic E-state index is 12.6. The number of amides is 1. The minimum atomic E-state index is -3.65. The van der Waals surface area contributed by atoms with E-state index in [1.807, 2.05) is 0 Å². The van der Waals surface area contributed by atoms with E-state index in [0.717, 1.165) is 5.56 Å². The lowest BCUT2D eigenvalue weighted by Crippen LogP contribution is -2.43. The summed E-state index contributed by atoms with van der Waals surface area (Å²) >= 11 is 7.21. The number of ether oxygens (including phenoxy) is 1. The van der Waals surface area contributed by atoms with Crippen molar-refractivity contribution >= 4 is 44.7 Å². The maximum Gasteiger partial charge on any atom is 0.301 e. The minimum absolute atomic E-state index is 0.171. The van der Waals surface area contributed by atoms with Gasteiger partial charge in [-0.2, -0.15) is 12.7 Å². The van der Waals surface area contributed by atoms with Crippen LogP contribution in [0, 0.1) is 0 Å². The maximum atomic E-state index is 12.6. The molecule has 0 unspecified atom stereocenters. The lowest BCUT2D eigenvalue weighted by atomic mass is 10.2. The molecule has 0 bridgehead atoms. The van der Waals surface area contributed by atoms with Crippen molar-refractivity contribution < 1.29 is 17.9 Å². The van der Waals surface area contributed by atoms with Gasteiger partial charge in [-0.25, -0.2) is 14.6 Å². The van der Waals surface area contributed by atoms with Crippen molar-refractivity contribution in [2.24, 2.45) is 0 Å². The monoisotopic (exact) mass is 560 g/mol. The quantitative estimate of drug-likeness (QED) is 0.334. The summed E-state index contributed by atoms with van der Waals surface area (Å²) in [5.41, 5.74) is 1.75. The smallest absolute Gasteiger partial charge is 0.301 e. The number of hydrogen-bond acceptors (Lipinski definition) is 9. The van der Waals surface area contributed by atoms with Crippen LogP contribution in [0.25, 0.3) is 16.4 Å². The van der Waals surface area contributed by atoms with Crippen LogP contribution in [0.1, 0.15) is 15.4 Å². The standard InChI is InChI=1S/C22H21ClN8O4S2/c23-16-5-6-24-20(11-16)31-14-18(27-29-31)12-25-21(32)19-13-26-22(36-19)15-1-3-17(4-2-15)28-37(33,34)30-7-9-35-10-8-30/h1-6,11,13-14,28H,7-10,12H2,(H,25,32). The largest absolute Gasteiger partial charge is 0.379 e. The number of carbonyl (C=O) groups excluding carboxylic acids is 1. The van der Waals surface area contributed by atoms with Crippen LogP contribution in [0.15, 0.2) is 55.0 Å². The molecule has 1 amide bonds. The molecule has 12 nitrogen and oxygen atoms in total. The van der Waals surface area contributed by atoms with Crippen molar-refractivity contribution in [3.63, 3.8) is 0 Å². The molecule has 1 aliphatic heterocycles. The van der Waals surface area contributed by atoms with Gasteiger partial charge in [-0.05, 0) is 30.3 Å². The summed E-state index contributed by atoms with van der Waals surface area (Å²) < 4.78 is 35.7. The van der Waals surface area contributed by atoms with Crippen LogP contribution in [0.4, 0.5) is 5.69 Å². The SMILES string of the molecule is O=C(NCc1cn(-c2cc(Cl)ccn2)nn1)c1cnc(-c2ccc(NS(=O)(=O)N3CCOCC3)cc2)s1. The van der Waals surface area contributed by atoms with Gasteiger partial charge in [-0.1, -0.05) is 16.8 Å². The molecular weight excluding hydrogens is 540 g/mol. The summed E-state index contributed by atoms with van der Waals surface area (Å²) in [5.74, 6) is 0.221. The summed E-state index contributed by atoms with van der Waals surface area (Å²) in [7, 11) is -3.65. The Bertz CT molecular complexity index is 1500. The predicted molar refractivity (Wildman–Crippen MR) is 138 cm³/mol. The highest BCUT2D eigenvalue weighted by Crippen LogP contribution is 2.27. The first-order chi connectivity index (χ1) is 17.9. The highest BCUT2D eigenvalue weighted by molar-refractivity contribution is 7.90. The highest BCUT2D eigenvalue weighted by atomic mass is 35.5. The lowest BCUT2D eigenvalue weighted by Gasteiger charge is -2.26. The number of hydrogen-bond donors (Lipinski definition) is 2. The van der Waals surface area contributed by atoms with Gasteiger partial charge in [0.25, 0.3) is 5.91 Å². The molecule has 2 N–H and O–H groups in total.